The van der Waals surface area contributed by atoms with Crippen LogP contribution in [0.4, 0.5) is 0 Å². The summed E-state index contributed by atoms with van der Waals surface area (Å²) in [5.74, 6) is 1.38. The molecule has 30 heavy (non-hydrogen) atoms. The van der Waals surface area contributed by atoms with Crippen LogP contribution in [0.3, 0.4) is 0 Å². The van der Waals surface area contributed by atoms with Crippen molar-refractivity contribution in [1.29, 1.82) is 0 Å². The van der Waals surface area contributed by atoms with Gasteiger partial charge >= 0.3 is 0 Å². The highest BCUT2D eigenvalue weighted by molar-refractivity contribution is 6.30. The molecule has 0 amide bonds. The standard InChI is InChI=1S/C23H38ClN5O/c1-23(2,29-11-13-30-14-12-29)17-27-22(25-3)26-16-19-8-6-10-28(4)21(19)18-7-5-9-20(24)15-18/h5,7,9,15,19,21H,6,8,10-14,16-17H2,1-4H3,(H2,25,26,27). The van der Waals surface area contributed by atoms with Crippen LogP contribution in [0.2, 0.25) is 5.02 Å². The maximum atomic E-state index is 6.28. The molecule has 2 saturated heterocycles. The smallest absolute Gasteiger partial charge is 0.191 e. The number of ether oxygens (including phenoxy) is 1. The number of nitrogens with zero attached hydrogens (tertiary/aromatic N) is 3. The molecule has 168 valence electrons. The van der Waals surface area contributed by atoms with Crippen LogP contribution in [-0.4, -0.2) is 81.3 Å². The predicted molar refractivity (Wildman–Crippen MR) is 125 cm³/mol. The highest BCUT2D eigenvalue weighted by atomic mass is 35.5. The molecule has 0 bridgehead atoms. The number of nitrogens with one attached hydrogen (secondary N) is 2. The molecule has 2 N–H and O–H groups in total. The van der Waals surface area contributed by atoms with E-state index in [1.165, 1.54) is 18.4 Å². The molecule has 1 aromatic carbocycles. The molecule has 6 nitrogen and oxygen atoms in total. The van der Waals surface area contributed by atoms with Crippen molar-refractivity contribution in [3.05, 3.63) is 34.9 Å². The molecule has 3 rings (SSSR count). The zero-order valence-corrected chi connectivity index (χ0v) is 19.7. The molecule has 0 aromatic heterocycles. The normalized spacial score (nSPS) is 24.6. The van der Waals surface area contributed by atoms with Gasteiger partial charge in [0.15, 0.2) is 5.96 Å². The lowest BCUT2D eigenvalue weighted by atomic mass is 9.85. The second-order valence-electron chi connectivity index (χ2n) is 9.10. The number of guanidine groups is 1. The Labute approximate surface area is 187 Å². The summed E-state index contributed by atoms with van der Waals surface area (Å²) in [4.78, 5) is 9.41. The Kier molecular flexibility index (Phi) is 8.40. The Hall–Kier alpha value is -1.34. The van der Waals surface area contributed by atoms with Crippen molar-refractivity contribution in [3.8, 4) is 0 Å². The van der Waals surface area contributed by atoms with Crippen LogP contribution in [-0.2, 0) is 4.74 Å². The summed E-state index contributed by atoms with van der Waals surface area (Å²) in [5.41, 5.74) is 1.35. The van der Waals surface area contributed by atoms with Crippen LogP contribution in [0, 0.1) is 5.92 Å². The molecule has 2 aliphatic rings. The first-order valence-electron chi connectivity index (χ1n) is 11.1. The van der Waals surface area contributed by atoms with Crippen molar-refractivity contribution < 1.29 is 4.74 Å². The van der Waals surface area contributed by atoms with Gasteiger partial charge in [0, 0.05) is 49.8 Å². The van der Waals surface area contributed by atoms with Crippen LogP contribution in [0.15, 0.2) is 29.3 Å². The number of morpholine rings is 1. The molecule has 0 radical (unpaired) electrons. The van der Waals surface area contributed by atoms with E-state index in [-0.39, 0.29) is 5.54 Å². The Bertz CT molecular complexity index is 705. The Morgan fingerprint density at radius 1 is 1.23 bits per heavy atom. The molecule has 2 heterocycles. The summed E-state index contributed by atoms with van der Waals surface area (Å²) in [6.07, 6.45) is 2.42. The van der Waals surface area contributed by atoms with E-state index >= 15 is 0 Å². The summed E-state index contributed by atoms with van der Waals surface area (Å²) < 4.78 is 5.50. The quantitative estimate of drug-likeness (QED) is 0.531. The second-order valence-corrected chi connectivity index (χ2v) is 9.54. The fourth-order valence-corrected chi connectivity index (χ4v) is 4.92. The molecule has 2 fully saturated rings. The molecule has 7 heteroatoms. The lowest BCUT2D eigenvalue weighted by molar-refractivity contribution is -0.00835. The van der Waals surface area contributed by atoms with Gasteiger partial charge in [-0.2, -0.15) is 0 Å². The van der Waals surface area contributed by atoms with E-state index in [4.69, 9.17) is 16.3 Å². The number of piperidine rings is 1. The van der Waals surface area contributed by atoms with Crippen LogP contribution >= 0.6 is 11.6 Å². The zero-order chi connectivity index (χ0) is 21.6. The highest BCUT2D eigenvalue weighted by Crippen LogP contribution is 2.35. The fourth-order valence-electron chi connectivity index (χ4n) is 4.72. The molecule has 2 atom stereocenters. The summed E-state index contributed by atoms with van der Waals surface area (Å²) in [5, 5.41) is 7.94. The molecule has 0 aliphatic carbocycles. The van der Waals surface area contributed by atoms with Crippen molar-refractivity contribution in [2.75, 3.05) is 60.0 Å². The molecule has 2 unspecified atom stereocenters. The van der Waals surface area contributed by atoms with Gasteiger partial charge in [0.2, 0.25) is 0 Å². The van der Waals surface area contributed by atoms with Crippen molar-refractivity contribution in [3.63, 3.8) is 0 Å². The third-order valence-electron chi connectivity index (χ3n) is 6.51. The van der Waals surface area contributed by atoms with E-state index in [0.717, 1.165) is 56.9 Å². The first-order chi connectivity index (χ1) is 14.4. The Morgan fingerprint density at radius 3 is 2.70 bits per heavy atom. The second kappa shape index (κ2) is 10.8. The molecule has 1 aromatic rings. The van der Waals surface area contributed by atoms with E-state index < -0.39 is 0 Å². The van der Waals surface area contributed by atoms with Gasteiger partial charge in [-0.3, -0.25) is 14.8 Å². The van der Waals surface area contributed by atoms with Gasteiger partial charge in [-0.25, -0.2) is 0 Å². The monoisotopic (exact) mass is 435 g/mol. The number of hydrogen-bond acceptors (Lipinski definition) is 4. The number of hydrogen-bond donors (Lipinski definition) is 2. The van der Waals surface area contributed by atoms with Gasteiger partial charge in [-0.1, -0.05) is 23.7 Å². The van der Waals surface area contributed by atoms with Crippen LogP contribution in [0.5, 0.6) is 0 Å². The number of likely N-dealkylation sites (tertiary alicyclic amines) is 1. The molecule has 2 aliphatic heterocycles. The third kappa shape index (κ3) is 6.10. The number of rotatable bonds is 6. The minimum atomic E-state index is 0.0514. The predicted octanol–water partition coefficient (Wildman–Crippen LogP) is 3.00. The van der Waals surface area contributed by atoms with E-state index in [9.17, 15) is 0 Å². The fraction of sp³-hybridized carbons (Fsp3) is 0.696. The van der Waals surface area contributed by atoms with Crippen LogP contribution < -0.4 is 10.6 Å². The highest BCUT2D eigenvalue weighted by Gasteiger charge is 2.31. The van der Waals surface area contributed by atoms with E-state index in [1.54, 1.807) is 0 Å². The van der Waals surface area contributed by atoms with Crippen molar-refractivity contribution in [1.82, 2.24) is 20.4 Å². The number of aliphatic imine (C=N–C) groups is 1. The molecular weight excluding hydrogens is 398 g/mol. The summed E-state index contributed by atoms with van der Waals surface area (Å²) in [7, 11) is 4.06. The lowest BCUT2D eigenvalue weighted by Gasteiger charge is -2.41. The van der Waals surface area contributed by atoms with Gasteiger partial charge in [0.25, 0.3) is 0 Å². The van der Waals surface area contributed by atoms with Gasteiger partial charge in [0.05, 0.1) is 13.2 Å². The van der Waals surface area contributed by atoms with E-state index in [0.29, 0.717) is 12.0 Å². The maximum Gasteiger partial charge on any atom is 0.191 e. The van der Waals surface area contributed by atoms with Gasteiger partial charge in [0.1, 0.15) is 0 Å². The lowest BCUT2D eigenvalue weighted by Crippen LogP contribution is -2.56. The average Bonchev–Trinajstić information content (AvgIpc) is 2.74. The van der Waals surface area contributed by atoms with Gasteiger partial charge in [-0.05, 0) is 63.9 Å². The average molecular weight is 436 g/mol. The Morgan fingerprint density at radius 2 is 2.00 bits per heavy atom. The topological polar surface area (TPSA) is 52.1 Å². The largest absolute Gasteiger partial charge is 0.379 e. The number of halogens is 1. The zero-order valence-electron chi connectivity index (χ0n) is 19.0. The SMILES string of the molecule is CN=C(NCC1CCCN(C)C1c1cccc(Cl)c1)NCC(C)(C)N1CCOCC1. The molecule has 0 spiro atoms. The minimum absolute atomic E-state index is 0.0514. The van der Waals surface area contributed by atoms with Crippen molar-refractivity contribution in [2.45, 2.75) is 38.3 Å². The van der Waals surface area contributed by atoms with Crippen molar-refractivity contribution >= 4 is 17.6 Å². The van der Waals surface area contributed by atoms with E-state index in [2.05, 4.69) is 64.5 Å². The summed E-state index contributed by atoms with van der Waals surface area (Å²) in [6, 6.07) is 8.68. The first kappa shape index (κ1) is 23.3. The van der Waals surface area contributed by atoms with Gasteiger partial charge < -0.3 is 15.4 Å². The summed E-state index contributed by atoms with van der Waals surface area (Å²) >= 11 is 6.28. The summed E-state index contributed by atoms with van der Waals surface area (Å²) in [6.45, 7) is 11.0. The third-order valence-corrected chi connectivity index (χ3v) is 6.74. The minimum Gasteiger partial charge on any atom is -0.379 e. The first-order valence-corrected chi connectivity index (χ1v) is 11.5. The van der Waals surface area contributed by atoms with Gasteiger partial charge in [-0.15, -0.1) is 0 Å². The maximum absolute atomic E-state index is 6.28. The number of benzene rings is 1. The van der Waals surface area contributed by atoms with Crippen molar-refractivity contribution in [2.24, 2.45) is 10.9 Å². The van der Waals surface area contributed by atoms with Crippen LogP contribution in [0.1, 0.15) is 38.3 Å². The van der Waals surface area contributed by atoms with E-state index in [1.807, 2.05) is 13.1 Å². The van der Waals surface area contributed by atoms with Crippen LogP contribution in [0.25, 0.3) is 0 Å². The molecule has 0 saturated carbocycles. The molecular formula is C23H38ClN5O. The Balaban J connectivity index is 1.57.